The summed E-state index contributed by atoms with van der Waals surface area (Å²) >= 11 is 0. The maximum absolute atomic E-state index is 12.0. The lowest BCUT2D eigenvalue weighted by molar-refractivity contribution is -0.266. The first-order valence-corrected chi connectivity index (χ1v) is 15.3. The van der Waals surface area contributed by atoms with Crippen molar-refractivity contribution in [3.8, 4) is 0 Å². The van der Waals surface area contributed by atoms with Crippen LogP contribution in [-0.2, 0) is 19.1 Å². The van der Waals surface area contributed by atoms with E-state index in [4.69, 9.17) is 9.47 Å². The van der Waals surface area contributed by atoms with Gasteiger partial charge in [-0.15, -0.1) is 0 Å². The molecule has 4 rings (SSSR count). The highest BCUT2D eigenvalue weighted by molar-refractivity contribution is 5.66. The van der Waals surface area contributed by atoms with Gasteiger partial charge in [0.15, 0.2) is 0 Å². The Hall–Kier alpha value is -1.14. The van der Waals surface area contributed by atoms with Crippen LogP contribution in [0.3, 0.4) is 0 Å². The van der Waals surface area contributed by atoms with Crippen LogP contribution in [0.1, 0.15) is 120 Å². The van der Waals surface area contributed by atoms with Crippen LogP contribution in [0.2, 0.25) is 0 Å². The summed E-state index contributed by atoms with van der Waals surface area (Å²) in [5.41, 5.74) is -1.74. The van der Waals surface area contributed by atoms with Crippen molar-refractivity contribution in [2.24, 2.45) is 46.3 Å². The zero-order valence-corrected chi connectivity index (χ0v) is 25.2. The van der Waals surface area contributed by atoms with Gasteiger partial charge in [-0.25, -0.2) is 0 Å². The smallest absolute Gasteiger partial charge is 0.303 e. The Bertz CT molecular complexity index is 900. The lowest BCUT2D eigenvalue weighted by Gasteiger charge is -2.65. The molecule has 0 saturated heterocycles. The predicted octanol–water partition coefficient (Wildman–Crippen LogP) is 6.06. The van der Waals surface area contributed by atoms with Crippen molar-refractivity contribution in [2.75, 3.05) is 0 Å². The topological polar surface area (TPSA) is 93.1 Å². The summed E-state index contributed by atoms with van der Waals surface area (Å²) in [7, 11) is 0. The highest BCUT2D eigenvalue weighted by Crippen LogP contribution is 2.69. The van der Waals surface area contributed by atoms with Crippen LogP contribution in [0.4, 0.5) is 0 Å². The van der Waals surface area contributed by atoms with Gasteiger partial charge in [-0.3, -0.25) is 9.59 Å². The summed E-state index contributed by atoms with van der Waals surface area (Å²) in [5.74, 6) is 2.42. The van der Waals surface area contributed by atoms with Crippen molar-refractivity contribution in [2.45, 2.75) is 143 Å². The normalized spacial score (nSPS) is 44.3. The van der Waals surface area contributed by atoms with E-state index in [0.29, 0.717) is 48.3 Å². The minimum atomic E-state index is -1.20. The largest absolute Gasteiger partial charge is 0.462 e. The molecule has 4 aliphatic carbocycles. The van der Waals surface area contributed by atoms with E-state index < -0.39 is 17.3 Å². The van der Waals surface area contributed by atoms with Crippen molar-refractivity contribution in [1.29, 1.82) is 0 Å². The molecule has 6 heteroatoms. The molecule has 0 radical (unpaired) electrons. The van der Waals surface area contributed by atoms with E-state index in [1.807, 2.05) is 13.8 Å². The zero-order valence-electron chi connectivity index (χ0n) is 25.2. The third kappa shape index (κ3) is 4.95. The van der Waals surface area contributed by atoms with E-state index in [-0.39, 0.29) is 28.9 Å². The Morgan fingerprint density at radius 1 is 0.974 bits per heavy atom. The molecule has 0 aliphatic heterocycles. The summed E-state index contributed by atoms with van der Waals surface area (Å²) in [6.07, 6.45) is 8.34. The second-order valence-electron chi connectivity index (χ2n) is 14.8. The monoisotopic (exact) mass is 534 g/mol. The molecule has 0 bridgehead atoms. The Morgan fingerprint density at radius 3 is 2.29 bits per heavy atom. The van der Waals surface area contributed by atoms with Crippen LogP contribution in [0.15, 0.2) is 0 Å². The van der Waals surface area contributed by atoms with Crippen LogP contribution in [0.5, 0.6) is 0 Å². The minimum Gasteiger partial charge on any atom is -0.462 e. The third-order valence-corrected chi connectivity index (χ3v) is 12.6. The average molecular weight is 535 g/mol. The molecule has 0 amide bonds. The Morgan fingerprint density at radius 2 is 1.66 bits per heavy atom. The number of hydrogen-bond donors (Lipinski definition) is 2. The molecule has 4 saturated carbocycles. The first kappa shape index (κ1) is 29.8. The molecule has 4 fully saturated rings. The van der Waals surface area contributed by atoms with E-state index >= 15 is 0 Å². The fourth-order valence-corrected chi connectivity index (χ4v) is 10.1. The minimum absolute atomic E-state index is 0.215. The van der Waals surface area contributed by atoms with E-state index in [1.165, 1.54) is 33.1 Å². The zero-order chi connectivity index (χ0) is 28.3. The molecule has 0 aromatic rings. The fraction of sp³-hybridized carbons (Fsp3) is 0.938. The number of carbonyl (C=O) groups excluding carboxylic acids is 2. The Kier molecular flexibility index (Phi) is 8.13. The average Bonchev–Trinajstić information content (AvgIpc) is 3.15. The van der Waals surface area contributed by atoms with Gasteiger partial charge in [-0.05, 0) is 106 Å². The number of aliphatic hydroxyl groups is 2. The first-order valence-electron chi connectivity index (χ1n) is 15.3. The summed E-state index contributed by atoms with van der Waals surface area (Å²) < 4.78 is 11.1. The van der Waals surface area contributed by atoms with Crippen molar-refractivity contribution >= 4 is 11.9 Å². The highest BCUT2D eigenvalue weighted by Gasteiger charge is 2.67. The van der Waals surface area contributed by atoms with Gasteiger partial charge in [0.1, 0.15) is 11.7 Å². The predicted molar refractivity (Wildman–Crippen MR) is 147 cm³/mol. The number of rotatable bonds is 7. The molecule has 38 heavy (non-hydrogen) atoms. The molecule has 218 valence electrons. The molecule has 0 unspecified atom stereocenters. The lowest BCUT2D eigenvalue weighted by Crippen LogP contribution is -2.68. The number of carbonyl (C=O) groups is 2. The number of ether oxygens (including phenoxy) is 2. The molecule has 6 nitrogen and oxygen atoms in total. The van der Waals surface area contributed by atoms with Gasteiger partial charge in [-0.2, -0.15) is 0 Å². The van der Waals surface area contributed by atoms with Gasteiger partial charge in [-0.1, -0.05) is 34.1 Å². The number of aliphatic hydroxyl groups excluding tert-OH is 1. The Balaban J connectivity index is 1.46. The Labute approximate surface area is 230 Å². The van der Waals surface area contributed by atoms with Crippen LogP contribution < -0.4 is 0 Å². The number of hydrogen-bond acceptors (Lipinski definition) is 6. The van der Waals surface area contributed by atoms with E-state index in [2.05, 4.69) is 27.7 Å². The maximum atomic E-state index is 12.0. The summed E-state index contributed by atoms with van der Waals surface area (Å²) in [6.45, 7) is 16.3. The van der Waals surface area contributed by atoms with Gasteiger partial charge in [0.2, 0.25) is 0 Å². The van der Waals surface area contributed by atoms with Crippen LogP contribution in [-0.4, -0.2) is 45.6 Å². The van der Waals surface area contributed by atoms with Gasteiger partial charge in [0, 0.05) is 25.7 Å². The summed E-state index contributed by atoms with van der Waals surface area (Å²) in [4.78, 5) is 23.2. The second kappa shape index (κ2) is 10.4. The molecule has 0 spiro atoms. The van der Waals surface area contributed by atoms with E-state index in [0.717, 1.165) is 32.1 Å². The quantitative estimate of drug-likeness (QED) is 0.386. The van der Waals surface area contributed by atoms with Gasteiger partial charge in [0.05, 0.1) is 11.7 Å². The van der Waals surface area contributed by atoms with Crippen molar-refractivity contribution in [3.63, 3.8) is 0 Å². The third-order valence-electron chi connectivity index (χ3n) is 12.6. The summed E-state index contributed by atoms with van der Waals surface area (Å²) in [6, 6.07) is 0. The van der Waals surface area contributed by atoms with Crippen LogP contribution in [0, 0.1) is 46.3 Å². The SMILES string of the molecule is CC(=O)O[C@H]1CC[C@]2(C)[C@H]3CC[C@]4(C)[C@@H]([C@H](C)CC[C@H](C)C(C)(C)OC(C)=O)CC[C@H]4[C@@H]3C[C@@H](O)[C@@]2(O)C1. The number of fused-ring (bicyclic) bond motifs is 5. The molecule has 2 N–H and O–H groups in total. The van der Waals surface area contributed by atoms with Crippen LogP contribution in [0.25, 0.3) is 0 Å². The van der Waals surface area contributed by atoms with Crippen molar-refractivity contribution in [3.05, 3.63) is 0 Å². The molecule has 4 aliphatic rings. The molecular weight excluding hydrogens is 480 g/mol. The van der Waals surface area contributed by atoms with Crippen molar-refractivity contribution in [1.82, 2.24) is 0 Å². The lowest BCUT2D eigenvalue weighted by atomic mass is 9.42. The van der Waals surface area contributed by atoms with Crippen LogP contribution >= 0.6 is 0 Å². The second-order valence-corrected chi connectivity index (χ2v) is 14.8. The molecule has 0 aromatic heterocycles. The van der Waals surface area contributed by atoms with Gasteiger partial charge < -0.3 is 19.7 Å². The molecule has 11 atom stereocenters. The first-order chi connectivity index (χ1) is 17.5. The summed E-state index contributed by atoms with van der Waals surface area (Å²) in [5, 5.41) is 23.4. The van der Waals surface area contributed by atoms with E-state index in [9.17, 15) is 19.8 Å². The maximum Gasteiger partial charge on any atom is 0.303 e. The highest BCUT2D eigenvalue weighted by atomic mass is 16.6. The van der Waals surface area contributed by atoms with Crippen molar-refractivity contribution < 1.29 is 29.3 Å². The van der Waals surface area contributed by atoms with Gasteiger partial charge >= 0.3 is 11.9 Å². The van der Waals surface area contributed by atoms with E-state index in [1.54, 1.807) is 0 Å². The molecule has 0 aromatic carbocycles. The standard InChI is InChI=1S/C32H54O6/c1-19(9-10-20(2)29(5,6)38-22(4)34)25-11-12-26-24-17-28(35)32(36)18-23(37-21(3)33)13-16-31(32,8)27(24)14-15-30(25,26)7/h19-20,23-28,35-36H,9-18H2,1-8H3/t19-,20+,23+,24+,25-,26+,27+,28-,30-,31-,32+/m1/s1. The number of esters is 2. The molecule has 0 heterocycles. The molecular formula is C32H54O6. The van der Waals surface area contributed by atoms with Gasteiger partial charge in [0.25, 0.3) is 0 Å². The fourth-order valence-electron chi connectivity index (χ4n) is 10.1.